The zero-order valence-electron chi connectivity index (χ0n) is 17.9. The lowest BCUT2D eigenvalue weighted by atomic mass is 10.2. The van der Waals surface area contributed by atoms with Gasteiger partial charge in [0, 0.05) is 51.9 Å². The highest BCUT2D eigenvalue weighted by Crippen LogP contribution is 2.27. The highest BCUT2D eigenvalue weighted by Gasteiger charge is 2.38. The number of carbonyl (C=O) groups is 1. The first-order valence-corrected chi connectivity index (χ1v) is 11.9. The first-order chi connectivity index (χ1) is 14.3. The van der Waals surface area contributed by atoms with Gasteiger partial charge in [0.1, 0.15) is 11.3 Å². The maximum absolute atomic E-state index is 13.5. The molecule has 1 aromatic rings. The highest BCUT2D eigenvalue weighted by molar-refractivity contribution is 7.89. The molecular formula is C20H32N4O5S. The van der Waals surface area contributed by atoms with Crippen LogP contribution >= 0.6 is 0 Å². The van der Waals surface area contributed by atoms with Crippen LogP contribution in [0.1, 0.15) is 31.1 Å². The lowest BCUT2D eigenvalue weighted by Gasteiger charge is -2.46. The van der Waals surface area contributed by atoms with Gasteiger partial charge in [0.15, 0.2) is 0 Å². The normalized spacial score (nSPS) is 22.3. The maximum Gasteiger partial charge on any atom is 0.339 e. The Labute approximate surface area is 178 Å². The monoisotopic (exact) mass is 440 g/mol. The van der Waals surface area contributed by atoms with Gasteiger partial charge in [0.05, 0.1) is 17.7 Å². The molecule has 2 fully saturated rings. The summed E-state index contributed by atoms with van der Waals surface area (Å²) < 4.78 is 33.8. The Morgan fingerprint density at radius 1 is 1.23 bits per heavy atom. The van der Waals surface area contributed by atoms with Gasteiger partial charge in [-0.05, 0) is 39.0 Å². The number of nitrogens with one attached hydrogen (secondary N) is 1. The van der Waals surface area contributed by atoms with Crippen LogP contribution in [0.4, 0.5) is 0 Å². The molecule has 1 aromatic carbocycles. The number of sulfonamides is 1. The van der Waals surface area contributed by atoms with E-state index in [9.17, 15) is 18.3 Å². The van der Waals surface area contributed by atoms with E-state index in [0.717, 1.165) is 26.2 Å². The smallest absolute Gasteiger partial charge is 0.339 e. The van der Waals surface area contributed by atoms with Crippen LogP contribution in [-0.2, 0) is 10.0 Å². The molecule has 2 heterocycles. The summed E-state index contributed by atoms with van der Waals surface area (Å²) in [5.41, 5.74) is -0.143. The van der Waals surface area contributed by atoms with Gasteiger partial charge in [-0.15, -0.1) is 0 Å². The van der Waals surface area contributed by atoms with Crippen molar-refractivity contribution in [3.05, 3.63) is 23.8 Å². The summed E-state index contributed by atoms with van der Waals surface area (Å²) in [5.74, 6) is -1.04. The van der Waals surface area contributed by atoms with Crippen LogP contribution < -0.4 is 10.1 Å². The molecule has 2 aliphatic rings. The number of piperazine rings is 2. The summed E-state index contributed by atoms with van der Waals surface area (Å²) in [6, 6.07) is 4.54. The van der Waals surface area contributed by atoms with E-state index in [1.54, 1.807) is 6.92 Å². The van der Waals surface area contributed by atoms with Gasteiger partial charge in [0.25, 0.3) is 0 Å². The molecule has 2 N–H and O–H groups in total. The number of hydrogen-bond acceptors (Lipinski definition) is 7. The number of ether oxygens (including phenoxy) is 1. The molecule has 168 valence electrons. The van der Waals surface area contributed by atoms with Crippen molar-refractivity contribution < 1.29 is 23.1 Å². The molecule has 2 saturated heterocycles. The number of carboxylic acid groups (broad SMARTS) is 1. The van der Waals surface area contributed by atoms with Crippen molar-refractivity contribution in [1.82, 2.24) is 19.4 Å². The summed E-state index contributed by atoms with van der Waals surface area (Å²) in [5, 5.41) is 12.8. The lowest BCUT2D eigenvalue weighted by molar-refractivity contribution is 0.0255. The molecular weight excluding hydrogens is 408 g/mol. The Morgan fingerprint density at radius 3 is 2.53 bits per heavy atom. The third kappa shape index (κ3) is 4.78. The third-order valence-corrected chi connectivity index (χ3v) is 7.65. The molecule has 10 heteroatoms. The number of carboxylic acids is 1. The number of benzene rings is 1. The molecule has 0 bridgehead atoms. The molecule has 0 aliphatic carbocycles. The first-order valence-electron chi connectivity index (χ1n) is 10.5. The van der Waals surface area contributed by atoms with Gasteiger partial charge in [-0.2, -0.15) is 4.31 Å². The molecule has 9 nitrogen and oxygen atoms in total. The number of nitrogens with zero attached hydrogens (tertiary/aromatic N) is 3. The molecule has 0 saturated carbocycles. The van der Waals surface area contributed by atoms with Crippen molar-refractivity contribution in [3.63, 3.8) is 0 Å². The van der Waals surface area contributed by atoms with E-state index in [1.807, 2.05) is 0 Å². The molecule has 0 spiro atoms. The van der Waals surface area contributed by atoms with Gasteiger partial charge in [-0.1, -0.05) is 0 Å². The van der Waals surface area contributed by atoms with E-state index >= 15 is 0 Å². The second-order valence-corrected chi connectivity index (χ2v) is 9.75. The second-order valence-electron chi connectivity index (χ2n) is 7.86. The van der Waals surface area contributed by atoms with Crippen LogP contribution in [0.3, 0.4) is 0 Å². The van der Waals surface area contributed by atoms with E-state index in [-0.39, 0.29) is 22.4 Å². The highest BCUT2D eigenvalue weighted by atomic mass is 32.2. The summed E-state index contributed by atoms with van der Waals surface area (Å²) in [7, 11) is -3.86. The summed E-state index contributed by atoms with van der Waals surface area (Å²) in [4.78, 5) is 16.2. The summed E-state index contributed by atoms with van der Waals surface area (Å²) >= 11 is 0. The number of rotatable bonds is 7. The fraction of sp³-hybridized carbons (Fsp3) is 0.650. The van der Waals surface area contributed by atoms with Gasteiger partial charge >= 0.3 is 5.97 Å². The number of hydrogen-bond donors (Lipinski definition) is 2. The standard InChI is InChI=1S/C20H32N4O5S/c1-4-29-18-6-5-16(13-17(18)20(25)26)30(27,28)24-8-7-21-14-19(24)23-11-9-22(10-12-23)15(2)3/h5-6,13,15,19,21H,4,7-12,14H2,1-3H3,(H,25,26). The molecule has 30 heavy (non-hydrogen) atoms. The Morgan fingerprint density at radius 2 is 1.93 bits per heavy atom. The van der Waals surface area contributed by atoms with Crippen LogP contribution in [0.15, 0.2) is 23.1 Å². The van der Waals surface area contributed by atoms with Crippen LogP contribution in [-0.4, -0.2) is 98.2 Å². The van der Waals surface area contributed by atoms with Crippen molar-refractivity contribution in [3.8, 4) is 5.75 Å². The van der Waals surface area contributed by atoms with Crippen LogP contribution in [0.2, 0.25) is 0 Å². The fourth-order valence-electron chi connectivity index (χ4n) is 4.07. The zero-order chi connectivity index (χ0) is 21.9. The van der Waals surface area contributed by atoms with Gasteiger partial charge < -0.3 is 15.2 Å². The van der Waals surface area contributed by atoms with Crippen molar-refractivity contribution in [1.29, 1.82) is 0 Å². The van der Waals surface area contributed by atoms with E-state index in [2.05, 4.69) is 29.0 Å². The van der Waals surface area contributed by atoms with E-state index in [4.69, 9.17) is 4.74 Å². The molecule has 2 aliphatic heterocycles. The van der Waals surface area contributed by atoms with Crippen molar-refractivity contribution in [2.24, 2.45) is 0 Å². The van der Waals surface area contributed by atoms with Crippen LogP contribution in [0, 0.1) is 0 Å². The first kappa shape index (κ1) is 23.0. The largest absolute Gasteiger partial charge is 0.493 e. The summed E-state index contributed by atoms with van der Waals surface area (Å²) in [6.07, 6.45) is -0.294. The van der Waals surface area contributed by atoms with E-state index in [1.165, 1.54) is 22.5 Å². The second kappa shape index (κ2) is 9.61. The van der Waals surface area contributed by atoms with Gasteiger partial charge in [-0.3, -0.25) is 9.80 Å². The minimum atomic E-state index is -3.86. The predicted octanol–water partition coefficient (Wildman–Crippen LogP) is 0.730. The zero-order valence-corrected chi connectivity index (χ0v) is 18.7. The maximum atomic E-state index is 13.5. The average molecular weight is 441 g/mol. The molecule has 3 rings (SSSR count). The fourth-order valence-corrected chi connectivity index (χ4v) is 5.71. The van der Waals surface area contributed by atoms with E-state index < -0.39 is 16.0 Å². The topological polar surface area (TPSA) is 102 Å². The Hall–Kier alpha value is -1.72. The number of aromatic carboxylic acids is 1. The molecule has 1 atom stereocenters. The molecule has 0 amide bonds. The van der Waals surface area contributed by atoms with Crippen LogP contribution in [0.5, 0.6) is 5.75 Å². The Balaban J connectivity index is 1.86. The average Bonchev–Trinajstić information content (AvgIpc) is 2.74. The molecule has 0 aromatic heterocycles. The minimum Gasteiger partial charge on any atom is -0.493 e. The Kier molecular flexibility index (Phi) is 7.35. The lowest BCUT2D eigenvalue weighted by Crippen LogP contribution is -2.64. The summed E-state index contributed by atoms with van der Waals surface area (Å²) in [6.45, 7) is 11.2. The van der Waals surface area contributed by atoms with Gasteiger partial charge in [0.2, 0.25) is 10.0 Å². The third-order valence-electron chi connectivity index (χ3n) is 5.76. The minimum absolute atomic E-state index is 0.0175. The SMILES string of the molecule is CCOc1ccc(S(=O)(=O)N2CCNCC2N2CCN(C(C)C)CC2)cc1C(=O)O. The quantitative estimate of drug-likeness (QED) is 0.640. The molecule has 0 radical (unpaired) electrons. The van der Waals surface area contributed by atoms with E-state index in [0.29, 0.717) is 32.3 Å². The van der Waals surface area contributed by atoms with Crippen molar-refractivity contribution in [2.45, 2.75) is 37.9 Å². The molecule has 1 unspecified atom stereocenters. The van der Waals surface area contributed by atoms with Gasteiger partial charge in [-0.25, -0.2) is 13.2 Å². The van der Waals surface area contributed by atoms with Crippen LogP contribution in [0.25, 0.3) is 0 Å². The van der Waals surface area contributed by atoms with Crippen molar-refractivity contribution in [2.75, 3.05) is 52.4 Å². The van der Waals surface area contributed by atoms with Crippen molar-refractivity contribution >= 4 is 16.0 Å². The predicted molar refractivity (Wildman–Crippen MR) is 113 cm³/mol. The Bertz CT molecular complexity index is 853.